The lowest BCUT2D eigenvalue weighted by atomic mass is 9.96. The van der Waals surface area contributed by atoms with Crippen LogP contribution >= 0.6 is 0 Å². The van der Waals surface area contributed by atoms with E-state index in [0.29, 0.717) is 16.7 Å². The third kappa shape index (κ3) is 4.38. The Bertz CT molecular complexity index is 2830. The first-order valence-electron chi connectivity index (χ1n) is 16.3. The molecule has 7 aromatic carbocycles. The van der Waals surface area contributed by atoms with Gasteiger partial charge in [0.2, 0.25) is 0 Å². The number of nitrogens with zero attached hydrogens (tertiary/aromatic N) is 5. The summed E-state index contributed by atoms with van der Waals surface area (Å²) in [5, 5.41) is 33.7. The number of hydrogen-bond donors (Lipinski definition) is 0. The standard InChI is InChI=1S/C45H25N5/c46-26-29-13-21-44-39(23-29)40-24-30(27-47)14-22-45(40)49(44)34-19-20-35(33(25-34)28-48)31-15-17-32(18-16-31)36-7-1-4-10-41(36)50-42-11-5-2-8-37(42)38-9-3-6-12-43(38)50/h1-25H. The maximum Gasteiger partial charge on any atom is 0.0998 e. The molecule has 2 aromatic heterocycles. The Hall–Kier alpha value is -7.39. The van der Waals surface area contributed by atoms with Crippen molar-refractivity contribution in [3.63, 3.8) is 0 Å². The van der Waals surface area contributed by atoms with E-state index in [9.17, 15) is 15.8 Å². The summed E-state index contributed by atoms with van der Waals surface area (Å²) in [5.74, 6) is 0. The molecule has 0 radical (unpaired) electrons. The Labute approximate surface area is 287 Å². The third-order valence-corrected chi connectivity index (χ3v) is 9.64. The van der Waals surface area contributed by atoms with Crippen LogP contribution in [0.5, 0.6) is 0 Å². The van der Waals surface area contributed by atoms with Crippen molar-refractivity contribution < 1.29 is 0 Å². The molecule has 0 N–H and O–H groups in total. The van der Waals surface area contributed by atoms with Crippen LogP contribution in [0.15, 0.2) is 152 Å². The van der Waals surface area contributed by atoms with E-state index < -0.39 is 0 Å². The lowest BCUT2D eigenvalue weighted by Gasteiger charge is -2.15. The molecule has 230 valence electrons. The zero-order valence-electron chi connectivity index (χ0n) is 26.7. The first kappa shape index (κ1) is 28.8. The summed E-state index contributed by atoms with van der Waals surface area (Å²) in [6.07, 6.45) is 0. The van der Waals surface area contributed by atoms with Crippen molar-refractivity contribution in [3.8, 4) is 51.8 Å². The summed E-state index contributed by atoms with van der Waals surface area (Å²) in [5.41, 5.74) is 11.7. The van der Waals surface area contributed by atoms with Gasteiger partial charge in [-0.3, -0.25) is 0 Å². The van der Waals surface area contributed by atoms with Gasteiger partial charge in [0.25, 0.3) is 0 Å². The fourth-order valence-electron chi connectivity index (χ4n) is 7.38. The number of hydrogen-bond acceptors (Lipinski definition) is 3. The smallest absolute Gasteiger partial charge is 0.0998 e. The van der Waals surface area contributed by atoms with Crippen LogP contribution in [0.1, 0.15) is 16.7 Å². The summed E-state index contributed by atoms with van der Waals surface area (Å²) in [6.45, 7) is 0. The Morgan fingerprint density at radius 2 is 0.900 bits per heavy atom. The lowest BCUT2D eigenvalue weighted by Crippen LogP contribution is -1.97. The van der Waals surface area contributed by atoms with Gasteiger partial charge in [0.15, 0.2) is 0 Å². The largest absolute Gasteiger partial charge is 0.309 e. The molecule has 50 heavy (non-hydrogen) atoms. The fraction of sp³-hybridized carbons (Fsp3) is 0. The van der Waals surface area contributed by atoms with Crippen molar-refractivity contribution >= 4 is 43.6 Å². The minimum absolute atomic E-state index is 0.549. The number of benzene rings is 7. The average molecular weight is 636 g/mol. The maximum atomic E-state index is 10.4. The molecule has 0 bridgehead atoms. The van der Waals surface area contributed by atoms with Crippen molar-refractivity contribution in [2.45, 2.75) is 0 Å². The van der Waals surface area contributed by atoms with Crippen LogP contribution in [0.4, 0.5) is 0 Å². The Kier molecular flexibility index (Phi) is 6.56. The Morgan fingerprint density at radius 3 is 1.48 bits per heavy atom. The predicted molar refractivity (Wildman–Crippen MR) is 200 cm³/mol. The van der Waals surface area contributed by atoms with Gasteiger partial charge >= 0.3 is 0 Å². The Morgan fingerprint density at radius 1 is 0.380 bits per heavy atom. The minimum Gasteiger partial charge on any atom is -0.309 e. The highest BCUT2D eigenvalue weighted by atomic mass is 15.0. The van der Waals surface area contributed by atoms with Crippen LogP contribution in [-0.2, 0) is 0 Å². The first-order valence-corrected chi connectivity index (χ1v) is 16.3. The van der Waals surface area contributed by atoms with E-state index in [1.807, 2.05) is 42.5 Å². The van der Waals surface area contributed by atoms with E-state index in [1.165, 1.54) is 10.8 Å². The second-order valence-corrected chi connectivity index (χ2v) is 12.3. The summed E-state index contributed by atoms with van der Waals surface area (Å²) < 4.78 is 4.43. The van der Waals surface area contributed by atoms with Crippen LogP contribution in [0.2, 0.25) is 0 Å². The summed E-state index contributed by atoms with van der Waals surface area (Å²) >= 11 is 0. The SMILES string of the molecule is N#Cc1ccc2c(c1)c1cc(C#N)ccc1n2-c1ccc(-c2ccc(-c3ccccc3-n3c4ccccc4c4ccccc43)cc2)c(C#N)c1. The monoisotopic (exact) mass is 635 g/mol. The maximum absolute atomic E-state index is 10.4. The Balaban J connectivity index is 1.14. The molecule has 0 amide bonds. The van der Waals surface area contributed by atoms with Crippen LogP contribution in [-0.4, -0.2) is 9.13 Å². The van der Waals surface area contributed by atoms with E-state index >= 15 is 0 Å². The van der Waals surface area contributed by atoms with Gasteiger partial charge in [0.05, 0.1) is 62.7 Å². The van der Waals surface area contributed by atoms with Gasteiger partial charge in [0, 0.05) is 32.8 Å². The number of aromatic nitrogens is 2. The highest BCUT2D eigenvalue weighted by Crippen LogP contribution is 2.38. The topological polar surface area (TPSA) is 81.2 Å². The predicted octanol–water partition coefficient (Wildman–Crippen LogP) is 10.8. The molecular weight excluding hydrogens is 611 g/mol. The molecular formula is C45H25N5. The normalized spacial score (nSPS) is 11.1. The van der Waals surface area contributed by atoms with Crippen LogP contribution in [0.25, 0.3) is 77.2 Å². The van der Waals surface area contributed by atoms with Crippen LogP contribution in [0, 0.1) is 34.0 Å². The molecule has 0 aliphatic rings. The van der Waals surface area contributed by atoms with Gasteiger partial charge in [-0.2, -0.15) is 15.8 Å². The van der Waals surface area contributed by atoms with E-state index in [0.717, 1.165) is 66.5 Å². The molecule has 0 atom stereocenters. The van der Waals surface area contributed by atoms with E-state index in [1.54, 1.807) is 12.1 Å². The van der Waals surface area contributed by atoms with Gasteiger partial charge in [0.1, 0.15) is 0 Å². The van der Waals surface area contributed by atoms with Crippen LogP contribution in [0.3, 0.4) is 0 Å². The average Bonchev–Trinajstić information content (AvgIpc) is 3.69. The molecule has 2 heterocycles. The third-order valence-electron chi connectivity index (χ3n) is 9.64. The molecule has 9 aromatic rings. The second-order valence-electron chi connectivity index (χ2n) is 12.3. The van der Waals surface area contributed by atoms with Gasteiger partial charge in [-0.05, 0) is 83.4 Å². The molecule has 0 spiro atoms. The quantitative estimate of drug-likeness (QED) is 0.193. The summed E-state index contributed by atoms with van der Waals surface area (Å²) in [4.78, 5) is 0. The van der Waals surface area contributed by atoms with Crippen molar-refractivity contribution in [1.29, 1.82) is 15.8 Å². The van der Waals surface area contributed by atoms with Crippen molar-refractivity contribution in [2.75, 3.05) is 0 Å². The van der Waals surface area contributed by atoms with Gasteiger partial charge < -0.3 is 9.13 Å². The van der Waals surface area contributed by atoms with Crippen molar-refractivity contribution in [1.82, 2.24) is 9.13 Å². The van der Waals surface area contributed by atoms with Crippen molar-refractivity contribution in [3.05, 3.63) is 168 Å². The molecule has 0 saturated heterocycles. The van der Waals surface area contributed by atoms with Crippen molar-refractivity contribution in [2.24, 2.45) is 0 Å². The van der Waals surface area contributed by atoms with Gasteiger partial charge in [-0.1, -0.05) is 84.9 Å². The van der Waals surface area contributed by atoms with Crippen LogP contribution < -0.4 is 0 Å². The fourth-order valence-corrected chi connectivity index (χ4v) is 7.38. The number of para-hydroxylation sites is 3. The first-order chi connectivity index (χ1) is 24.7. The molecule has 5 nitrogen and oxygen atoms in total. The number of nitriles is 3. The molecule has 9 rings (SSSR count). The van der Waals surface area contributed by atoms with E-state index in [-0.39, 0.29) is 0 Å². The van der Waals surface area contributed by atoms with E-state index in [2.05, 4.69) is 124 Å². The lowest BCUT2D eigenvalue weighted by molar-refractivity contribution is 1.18. The summed E-state index contributed by atoms with van der Waals surface area (Å²) in [6, 6.07) is 58.0. The molecule has 0 aliphatic carbocycles. The molecule has 0 aliphatic heterocycles. The number of fused-ring (bicyclic) bond motifs is 6. The summed E-state index contributed by atoms with van der Waals surface area (Å²) in [7, 11) is 0. The highest BCUT2D eigenvalue weighted by molar-refractivity contribution is 6.11. The minimum atomic E-state index is 0.549. The zero-order valence-corrected chi connectivity index (χ0v) is 26.7. The van der Waals surface area contributed by atoms with Gasteiger partial charge in [-0.15, -0.1) is 0 Å². The molecule has 0 unspecified atom stereocenters. The molecule has 5 heteroatoms. The molecule has 0 saturated carbocycles. The zero-order chi connectivity index (χ0) is 33.8. The van der Waals surface area contributed by atoms with E-state index in [4.69, 9.17) is 0 Å². The number of rotatable bonds is 4. The molecule has 0 fully saturated rings. The highest BCUT2D eigenvalue weighted by Gasteiger charge is 2.17. The van der Waals surface area contributed by atoms with Gasteiger partial charge in [-0.25, -0.2) is 0 Å². The second kappa shape index (κ2) is 11.4.